The van der Waals surface area contributed by atoms with Crippen molar-refractivity contribution in [3.63, 3.8) is 0 Å². The summed E-state index contributed by atoms with van der Waals surface area (Å²) in [6.07, 6.45) is 0.977. The van der Waals surface area contributed by atoms with E-state index in [4.69, 9.17) is 10.6 Å². The molecular weight excluding hydrogens is 600 g/mol. The number of hydrogen-bond acceptors (Lipinski definition) is 13. The number of carbonyl (C=O) groups excluding carboxylic acids is 3. The molecule has 1 aliphatic heterocycles. The molecule has 1 fully saturated rings. The van der Waals surface area contributed by atoms with Crippen molar-refractivity contribution < 1.29 is 43.0 Å². The second kappa shape index (κ2) is 13.1. The predicted octanol–water partition coefficient (Wildman–Crippen LogP) is -2.06. The zero-order valence-electron chi connectivity index (χ0n) is 22.3. The van der Waals surface area contributed by atoms with Crippen LogP contribution in [0.25, 0.3) is 0 Å². The monoisotopic (exact) mass is 628 g/mol. The fourth-order valence-corrected chi connectivity index (χ4v) is 4.72. The number of nitrogens with zero attached hydrogens (tertiary/aromatic N) is 3. The average Bonchev–Trinajstić information content (AvgIpc) is 3.33. The van der Waals surface area contributed by atoms with Crippen LogP contribution in [0.2, 0.25) is 0 Å². The number of aromatic amines is 1. The third-order valence-corrected chi connectivity index (χ3v) is 7.26. The first-order valence-electron chi connectivity index (χ1n) is 12.0. The Hall–Kier alpha value is -4.40. The second-order valence-corrected chi connectivity index (χ2v) is 11.2. The summed E-state index contributed by atoms with van der Waals surface area (Å²) >= 11 is -1.75. The molecule has 18 nitrogen and oxygen atoms in total. The predicted molar refractivity (Wildman–Crippen MR) is 148 cm³/mol. The third-order valence-electron chi connectivity index (χ3n) is 5.80. The van der Waals surface area contributed by atoms with Crippen LogP contribution in [0.1, 0.15) is 37.0 Å². The van der Waals surface area contributed by atoms with Crippen LogP contribution in [0.15, 0.2) is 27.6 Å². The van der Waals surface area contributed by atoms with E-state index in [1.165, 1.54) is 19.2 Å². The largest absolute Gasteiger partial charge is 0.503 e. The molecule has 20 heteroatoms. The van der Waals surface area contributed by atoms with E-state index >= 15 is 0 Å². The molecule has 1 saturated heterocycles. The van der Waals surface area contributed by atoms with Crippen LogP contribution in [-0.4, -0.2) is 99.5 Å². The number of nitrogens with one attached hydrogen (secondary N) is 4. The van der Waals surface area contributed by atoms with Crippen molar-refractivity contribution in [2.24, 2.45) is 5.16 Å². The summed E-state index contributed by atoms with van der Waals surface area (Å²) < 4.78 is 22.0. The molecule has 0 saturated carbocycles. The van der Waals surface area contributed by atoms with Gasteiger partial charge in [-0.2, -0.15) is 0 Å². The van der Waals surface area contributed by atoms with Crippen molar-refractivity contribution in [3.05, 3.63) is 39.3 Å². The quantitative estimate of drug-likeness (QED) is 0.0513. The van der Waals surface area contributed by atoms with Gasteiger partial charge in [0, 0.05) is 36.8 Å². The number of β-lactam (4-membered cyclic amide) rings is 1. The Morgan fingerprint density at radius 2 is 2.05 bits per heavy atom. The molecule has 0 bridgehead atoms. The Bertz CT molecular complexity index is 1490. The third kappa shape index (κ3) is 7.46. The van der Waals surface area contributed by atoms with E-state index in [0.29, 0.717) is 4.31 Å². The summed E-state index contributed by atoms with van der Waals surface area (Å²) in [5, 5.41) is 31.6. The lowest BCUT2D eigenvalue weighted by Gasteiger charge is -2.44. The first-order valence-corrected chi connectivity index (χ1v) is 14.0. The van der Waals surface area contributed by atoms with E-state index in [1.807, 2.05) is 0 Å². The molecule has 1 aliphatic rings. The van der Waals surface area contributed by atoms with E-state index in [0.717, 1.165) is 23.6 Å². The SMILES string of the molecule is CC(CNCC1C(NC(=O)C(=NOC(C)(C)C(=O)O)c2csc(N)n2)C(=O)N1S(=O)O)NC(=O)c1cc(=O)c(O)c[nH]1. The lowest BCUT2D eigenvalue weighted by molar-refractivity contribution is -0.161. The number of aromatic nitrogens is 2. The number of aliphatic carboxylic acids is 1. The first-order chi connectivity index (χ1) is 19.6. The van der Waals surface area contributed by atoms with Crippen LogP contribution in [0.3, 0.4) is 0 Å². The van der Waals surface area contributed by atoms with Crippen LogP contribution < -0.4 is 27.1 Å². The topological polar surface area (TPSA) is 279 Å². The number of thiazole rings is 1. The van der Waals surface area contributed by atoms with Gasteiger partial charge in [-0.3, -0.25) is 23.7 Å². The number of carbonyl (C=O) groups is 4. The number of nitrogen functional groups attached to an aromatic ring is 1. The molecule has 2 aromatic rings. The van der Waals surface area contributed by atoms with Crippen molar-refractivity contribution in [1.82, 2.24) is 30.2 Å². The van der Waals surface area contributed by atoms with E-state index in [-0.39, 0.29) is 29.6 Å². The lowest BCUT2D eigenvalue weighted by Crippen LogP contribution is -2.73. The Kier molecular flexibility index (Phi) is 9.99. The highest BCUT2D eigenvalue weighted by Gasteiger charge is 2.51. The van der Waals surface area contributed by atoms with E-state index in [9.17, 15) is 42.9 Å². The summed E-state index contributed by atoms with van der Waals surface area (Å²) in [4.78, 5) is 72.5. The van der Waals surface area contributed by atoms with Gasteiger partial charge in [-0.1, -0.05) is 5.16 Å². The molecule has 3 rings (SSSR count). The van der Waals surface area contributed by atoms with Gasteiger partial charge in [0.2, 0.25) is 11.0 Å². The molecule has 4 atom stereocenters. The molecular formula is C22H28N8O10S2. The molecule has 3 amide bonds. The van der Waals surface area contributed by atoms with Gasteiger partial charge < -0.3 is 41.7 Å². The summed E-state index contributed by atoms with van der Waals surface area (Å²) in [6.45, 7) is 4.02. The van der Waals surface area contributed by atoms with E-state index in [2.05, 4.69) is 31.1 Å². The van der Waals surface area contributed by atoms with Crippen molar-refractivity contribution >= 4 is 57.1 Å². The maximum absolute atomic E-state index is 13.1. The van der Waals surface area contributed by atoms with Gasteiger partial charge in [-0.05, 0) is 20.8 Å². The summed E-state index contributed by atoms with van der Waals surface area (Å²) in [6, 6.07) is -1.91. The molecule has 4 unspecified atom stereocenters. The van der Waals surface area contributed by atoms with Gasteiger partial charge in [0.15, 0.2) is 16.6 Å². The minimum Gasteiger partial charge on any atom is -0.503 e. The Balaban J connectivity index is 1.67. The molecule has 9 N–H and O–H groups in total. The highest BCUT2D eigenvalue weighted by molar-refractivity contribution is 7.77. The van der Waals surface area contributed by atoms with Crippen LogP contribution in [-0.2, 0) is 30.5 Å². The molecule has 2 aromatic heterocycles. The highest BCUT2D eigenvalue weighted by Crippen LogP contribution is 2.22. The number of pyridine rings is 1. The molecule has 0 aliphatic carbocycles. The molecule has 3 heterocycles. The number of H-pyrrole nitrogens is 1. The zero-order chi connectivity index (χ0) is 31.4. The van der Waals surface area contributed by atoms with Gasteiger partial charge in [-0.15, -0.1) is 11.3 Å². The average molecular weight is 629 g/mol. The van der Waals surface area contributed by atoms with Crippen LogP contribution in [0.5, 0.6) is 5.75 Å². The number of hydrogen-bond donors (Lipinski definition) is 8. The maximum Gasteiger partial charge on any atom is 0.350 e. The molecule has 0 spiro atoms. The van der Waals surface area contributed by atoms with Crippen LogP contribution in [0, 0.1) is 0 Å². The summed E-state index contributed by atoms with van der Waals surface area (Å²) in [5.41, 5.74) is 2.45. The van der Waals surface area contributed by atoms with Gasteiger partial charge in [0.05, 0.1) is 6.04 Å². The minimum absolute atomic E-state index is 0.0558. The number of rotatable bonds is 13. The number of amides is 3. The molecule has 0 aromatic carbocycles. The molecule has 0 radical (unpaired) electrons. The number of oxime groups is 1. The van der Waals surface area contributed by atoms with E-state index in [1.54, 1.807) is 6.92 Å². The molecule has 228 valence electrons. The fraction of sp³-hybridized carbons (Fsp3) is 0.409. The van der Waals surface area contributed by atoms with Crippen molar-refractivity contribution in [1.29, 1.82) is 0 Å². The highest BCUT2D eigenvalue weighted by atomic mass is 32.2. The van der Waals surface area contributed by atoms with Crippen LogP contribution >= 0.6 is 11.3 Å². The zero-order valence-corrected chi connectivity index (χ0v) is 23.9. The summed E-state index contributed by atoms with van der Waals surface area (Å²) in [5.74, 6) is -4.41. The maximum atomic E-state index is 13.1. The van der Waals surface area contributed by atoms with Gasteiger partial charge >= 0.3 is 5.97 Å². The minimum atomic E-state index is -2.71. The second-order valence-electron chi connectivity index (χ2n) is 9.46. The Morgan fingerprint density at radius 3 is 2.62 bits per heavy atom. The Morgan fingerprint density at radius 1 is 1.36 bits per heavy atom. The fourth-order valence-electron chi connectivity index (χ4n) is 3.47. The number of carboxylic acid groups (broad SMARTS) is 1. The van der Waals surface area contributed by atoms with E-state index < -0.39 is 75.6 Å². The number of anilines is 1. The van der Waals surface area contributed by atoms with Crippen molar-refractivity contribution in [2.45, 2.75) is 44.5 Å². The number of aromatic hydroxyl groups is 1. The summed E-state index contributed by atoms with van der Waals surface area (Å²) in [7, 11) is 0. The van der Waals surface area contributed by atoms with Crippen molar-refractivity contribution in [2.75, 3.05) is 18.8 Å². The smallest absolute Gasteiger partial charge is 0.350 e. The Labute approximate surface area is 243 Å². The van der Waals surface area contributed by atoms with Crippen molar-refractivity contribution in [3.8, 4) is 5.75 Å². The normalized spacial score (nSPS) is 18.5. The first kappa shape index (κ1) is 32.1. The van der Waals surface area contributed by atoms with Gasteiger partial charge in [0.25, 0.3) is 29.0 Å². The standard InChI is InChI=1S/C22H28N8O10S2/c1-9(26-17(33)10-4-13(31)14(32)7-25-10)5-24-6-12-16(19(35)30(12)42(38)39)28-18(34)15(11-8-41-21(23)27-11)29-40-22(2,3)20(36)37/h4,7-9,12,16,24,32H,5-6H2,1-3H3,(H2,23,27)(H,25,31)(H,26,33)(H,28,34)(H,36,37)(H,38,39). The number of carboxylic acids is 1. The van der Waals surface area contributed by atoms with Gasteiger partial charge in [0.1, 0.15) is 17.4 Å². The van der Waals surface area contributed by atoms with Crippen LogP contribution in [0.4, 0.5) is 5.13 Å². The molecule has 42 heavy (non-hydrogen) atoms. The lowest BCUT2D eigenvalue weighted by atomic mass is 9.98. The number of nitrogens with two attached hydrogens (primary N) is 1. The van der Waals surface area contributed by atoms with Gasteiger partial charge in [-0.25, -0.2) is 18.3 Å².